The summed E-state index contributed by atoms with van der Waals surface area (Å²) >= 11 is 0. The predicted octanol–water partition coefficient (Wildman–Crippen LogP) is 11.4. The third kappa shape index (κ3) is 6.33. The van der Waals surface area contributed by atoms with Crippen LogP contribution in [0.4, 0.5) is 48.3 Å². The Balaban J connectivity index is 1.39. The summed E-state index contributed by atoms with van der Waals surface area (Å²) in [4.78, 5) is 0. The average Bonchev–Trinajstić information content (AvgIpc) is 2.98. The summed E-state index contributed by atoms with van der Waals surface area (Å²) in [5, 5.41) is 0. The van der Waals surface area contributed by atoms with Gasteiger partial charge < -0.3 is 4.74 Å². The van der Waals surface area contributed by atoms with Crippen LogP contribution in [-0.2, 0) is 6.11 Å². The van der Waals surface area contributed by atoms with Crippen molar-refractivity contribution in [2.45, 2.75) is 13.0 Å². The molecule has 5 rings (SSSR count). The summed E-state index contributed by atoms with van der Waals surface area (Å²) in [5.41, 5.74) is -3.05. The lowest BCUT2D eigenvalue weighted by atomic mass is 9.97. The van der Waals surface area contributed by atoms with Gasteiger partial charge in [0.1, 0.15) is 40.4 Å². The number of alkyl halides is 2. The van der Waals surface area contributed by atoms with Crippen LogP contribution < -0.4 is 4.74 Å². The fourth-order valence-electron chi connectivity index (χ4n) is 4.65. The molecule has 0 bridgehead atoms. The van der Waals surface area contributed by atoms with E-state index >= 15 is 4.39 Å². The van der Waals surface area contributed by atoms with E-state index in [1.165, 1.54) is 30.3 Å². The highest BCUT2D eigenvalue weighted by atomic mass is 19.3. The Morgan fingerprint density at radius 1 is 0.522 bits per heavy atom. The van der Waals surface area contributed by atoms with Crippen LogP contribution in [0.25, 0.3) is 39.2 Å². The lowest BCUT2D eigenvalue weighted by molar-refractivity contribution is -0.189. The maximum atomic E-state index is 15.0. The monoisotopic (exact) mass is 650 g/mol. The van der Waals surface area contributed by atoms with Crippen molar-refractivity contribution in [1.29, 1.82) is 0 Å². The molecule has 0 aliphatic heterocycles. The molecule has 0 heterocycles. The molecule has 0 aliphatic carbocycles. The van der Waals surface area contributed by atoms with Gasteiger partial charge in [0.05, 0.1) is 0 Å². The molecule has 0 unspecified atom stereocenters. The molecule has 0 radical (unpaired) electrons. The van der Waals surface area contributed by atoms with Gasteiger partial charge in [-0.15, -0.1) is 0 Å². The standard InChI is InChI=1S/C34H17F11O/c1-16(35)32(42)18-4-2-17(3-5-18)19-6-8-23(25(36)10-19)20-11-27(38)31(28(39)12-20)34(44,45)46-22-7-9-24(26(37)15-22)21-13-29(40)33(43)30(41)14-21/h2-15H,1H3/b32-16+. The molecule has 0 spiro atoms. The Kier molecular flexibility index (Phi) is 8.66. The first kappa shape index (κ1) is 32.3. The number of rotatable bonds is 7. The molecule has 0 atom stereocenters. The summed E-state index contributed by atoms with van der Waals surface area (Å²) in [5.74, 6) is -14.1. The van der Waals surface area contributed by atoms with Gasteiger partial charge in [0.15, 0.2) is 23.3 Å². The number of halogens is 11. The summed E-state index contributed by atoms with van der Waals surface area (Å²) < 4.78 is 161. The number of allylic oxidation sites excluding steroid dienone is 1. The van der Waals surface area contributed by atoms with Crippen LogP contribution in [0, 0.1) is 40.7 Å². The summed E-state index contributed by atoms with van der Waals surface area (Å²) in [6.45, 7) is 0.941. The van der Waals surface area contributed by atoms with Crippen LogP contribution in [0.1, 0.15) is 18.1 Å². The van der Waals surface area contributed by atoms with E-state index in [2.05, 4.69) is 4.74 Å². The van der Waals surface area contributed by atoms with Crippen LogP contribution in [0.5, 0.6) is 5.75 Å². The first-order chi connectivity index (χ1) is 21.7. The van der Waals surface area contributed by atoms with Crippen LogP contribution in [-0.4, -0.2) is 0 Å². The maximum Gasteiger partial charge on any atom is 0.432 e. The third-order valence-electron chi connectivity index (χ3n) is 6.87. The quantitative estimate of drug-likeness (QED) is 0.126. The molecule has 12 heteroatoms. The molecule has 236 valence electrons. The van der Waals surface area contributed by atoms with Crippen LogP contribution >= 0.6 is 0 Å². The first-order valence-electron chi connectivity index (χ1n) is 13.1. The summed E-state index contributed by atoms with van der Waals surface area (Å²) in [7, 11) is 0. The highest BCUT2D eigenvalue weighted by Gasteiger charge is 2.41. The lowest BCUT2D eigenvalue weighted by Crippen LogP contribution is -2.25. The van der Waals surface area contributed by atoms with Gasteiger partial charge in [-0.2, -0.15) is 8.78 Å². The Morgan fingerprint density at radius 2 is 0.978 bits per heavy atom. The fraction of sp³-hybridized carbons (Fsp3) is 0.0588. The second kappa shape index (κ2) is 12.3. The minimum Gasteiger partial charge on any atom is -0.429 e. The van der Waals surface area contributed by atoms with Crippen molar-refractivity contribution >= 4 is 5.83 Å². The predicted molar refractivity (Wildman–Crippen MR) is 148 cm³/mol. The van der Waals surface area contributed by atoms with Crippen LogP contribution in [0.3, 0.4) is 0 Å². The van der Waals surface area contributed by atoms with Gasteiger partial charge in [-0.1, -0.05) is 36.4 Å². The van der Waals surface area contributed by atoms with Gasteiger partial charge in [-0.3, -0.25) is 0 Å². The zero-order valence-corrected chi connectivity index (χ0v) is 23.1. The third-order valence-corrected chi connectivity index (χ3v) is 6.87. The van der Waals surface area contributed by atoms with Crippen LogP contribution in [0.2, 0.25) is 0 Å². The number of hydrogen-bond donors (Lipinski definition) is 0. The van der Waals surface area contributed by atoms with E-state index in [4.69, 9.17) is 0 Å². The molecule has 0 N–H and O–H groups in total. The normalized spacial score (nSPS) is 12.3. The Labute approximate surface area is 253 Å². The lowest BCUT2D eigenvalue weighted by Gasteiger charge is -2.20. The Morgan fingerprint density at radius 3 is 1.48 bits per heavy atom. The second-order valence-electron chi connectivity index (χ2n) is 9.95. The number of ether oxygens (including phenoxy) is 1. The van der Waals surface area contributed by atoms with Crippen molar-refractivity contribution in [3.63, 3.8) is 0 Å². The van der Waals surface area contributed by atoms with E-state index in [1.54, 1.807) is 0 Å². The topological polar surface area (TPSA) is 9.23 Å². The molecule has 46 heavy (non-hydrogen) atoms. The van der Waals surface area contributed by atoms with Gasteiger partial charge in [0, 0.05) is 22.8 Å². The number of benzene rings is 5. The largest absolute Gasteiger partial charge is 0.432 e. The minimum atomic E-state index is -4.72. The molecular formula is C34H17F11O. The minimum absolute atomic E-state index is 0.0480. The van der Waals surface area contributed by atoms with Crippen molar-refractivity contribution < 1.29 is 53.0 Å². The van der Waals surface area contributed by atoms with Gasteiger partial charge in [0.2, 0.25) is 0 Å². The summed E-state index contributed by atoms with van der Waals surface area (Å²) in [6.07, 6.45) is -4.72. The SMILES string of the molecule is C/C(F)=C(\F)c1ccc(-c2ccc(-c3cc(F)c(C(F)(F)Oc4ccc(-c5cc(F)c(F)c(F)c5)c(F)c4)c(F)c3)c(F)c2)cc1. The molecular weight excluding hydrogens is 633 g/mol. The van der Waals surface area contributed by atoms with E-state index in [0.29, 0.717) is 35.9 Å². The van der Waals surface area contributed by atoms with E-state index in [-0.39, 0.29) is 16.7 Å². The smallest absolute Gasteiger partial charge is 0.429 e. The molecule has 0 saturated carbocycles. The van der Waals surface area contributed by atoms with Crippen molar-refractivity contribution in [2.75, 3.05) is 0 Å². The van der Waals surface area contributed by atoms with Crippen molar-refractivity contribution in [3.05, 3.63) is 143 Å². The van der Waals surface area contributed by atoms with Crippen molar-refractivity contribution in [3.8, 4) is 39.1 Å². The average molecular weight is 650 g/mol. The Hall–Kier alpha value is -5.13. The molecule has 5 aromatic rings. The van der Waals surface area contributed by atoms with E-state index in [1.807, 2.05) is 0 Å². The van der Waals surface area contributed by atoms with Gasteiger partial charge in [0.25, 0.3) is 0 Å². The number of hydrogen-bond acceptors (Lipinski definition) is 1. The Bertz CT molecular complexity index is 1950. The fourth-order valence-corrected chi connectivity index (χ4v) is 4.65. The van der Waals surface area contributed by atoms with Crippen molar-refractivity contribution in [1.82, 2.24) is 0 Å². The molecule has 0 aromatic heterocycles. The summed E-state index contributed by atoms with van der Waals surface area (Å²) in [6, 6.07) is 12.5. The molecule has 0 amide bonds. The van der Waals surface area contributed by atoms with Crippen molar-refractivity contribution in [2.24, 2.45) is 0 Å². The van der Waals surface area contributed by atoms with E-state index < -0.39 is 86.5 Å². The van der Waals surface area contributed by atoms with Gasteiger partial charge in [-0.25, -0.2) is 39.5 Å². The molecule has 0 fully saturated rings. The second-order valence-corrected chi connectivity index (χ2v) is 9.95. The van der Waals surface area contributed by atoms with E-state index in [9.17, 15) is 43.9 Å². The zero-order valence-electron chi connectivity index (χ0n) is 23.1. The first-order valence-corrected chi connectivity index (χ1v) is 13.1. The molecule has 5 aromatic carbocycles. The molecule has 1 nitrogen and oxygen atoms in total. The molecule has 0 saturated heterocycles. The molecule has 0 aliphatic rings. The highest BCUT2D eigenvalue weighted by Crippen LogP contribution is 2.39. The maximum absolute atomic E-state index is 15.0. The van der Waals surface area contributed by atoms with Gasteiger partial charge >= 0.3 is 6.11 Å². The zero-order chi connectivity index (χ0) is 33.5. The van der Waals surface area contributed by atoms with Crippen LogP contribution in [0.15, 0.2) is 90.8 Å². The van der Waals surface area contributed by atoms with Gasteiger partial charge in [-0.05, 0) is 71.6 Å². The highest BCUT2D eigenvalue weighted by molar-refractivity contribution is 5.73. The van der Waals surface area contributed by atoms with E-state index in [0.717, 1.165) is 31.2 Å².